The van der Waals surface area contributed by atoms with Crippen molar-refractivity contribution in [1.82, 2.24) is 4.98 Å². The predicted molar refractivity (Wildman–Crippen MR) is 67.1 cm³/mol. The first-order chi connectivity index (χ1) is 7.72. The monoisotopic (exact) mass is 232 g/mol. The van der Waals surface area contributed by atoms with Gasteiger partial charge in [0, 0.05) is 14.0 Å². The maximum Gasteiger partial charge on any atom is 0.183 e. The van der Waals surface area contributed by atoms with Crippen LogP contribution in [-0.2, 0) is 0 Å². The highest BCUT2D eigenvalue weighted by Crippen LogP contribution is 2.32. The van der Waals surface area contributed by atoms with Gasteiger partial charge in [0.05, 0.1) is 4.88 Å². The molecule has 1 heterocycles. The number of hydrogen-bond acceptors (Lipinski definition) is 4. The van der Waals surface area contributed by atoms with Gasteiger partial charge in [-0.15, -0.1) is 0 Å². The Hall–Kier alpha value is -1.68. The molecule has 0 unspecified atom stereocenters. The van der Waals surface area contributed by atoms with Crippen LogP contribution in [0, 0.1) is 0 Å². The number of nitrogens with zero attached hydrogens (tertiary/aromatic N) is 1. The Kier molecular flexibility index (Phi) is 3.01. The summed E-state index contributed by atoms with van der Waals surface area (Å²) in [7, 11) is 1.80. The van der Waals surface area contributed by atoms with E-state index in [1.165, 1.54) is 11.3 Å². The molecule has 0 aliphatic rings. The Bertz CT molecular complexity index is 505. The Balaban J connectivity index is 2.55. The molecule has 0 aliphatic heterocycles. The van der Waals surface area contributed by atoms with Gasteiger partial charge in [0.1, 0.15) is 5.69 Å². The average Bonchev–Trinajstić information content (AvgIpc) is 2.74. The third-order valence-electron chi connectivity index (χ3n) is 2.21. The van der Waals surface area contributed by atoms with E-state index in [2.05, 4.69) is 10.3 Å². The van der Waals surface area contributed by atoms with E-state index >= 15 is 0 Å². The number of Topliss-reactive ketones (excluding diaryl/α,β-unsaturated/α-hetero) is 1. The number of rotatable bonds is 3. The lowest BCUT2D eigenvalue weighted by molar-refractivity contribution is 0.101. The van der Waals surface area contributed by atoms with Crippen molar-refractivity contribution in [2.24, 2.45) is 0 Å². The quantitative estimate of drug-likeness (QED) is 0.827. The molecule has 1 aromatic heterocycles. The van der Waals surface area contributed by atoms with E-state index in [0.29, 0.717) is 5.69 Å². The standard InChI is InChI=1S/C12H12N2OS/c1-8(15)10-11(16-12(13-2)14-10)9-6-4-3-5-7-9/h3-7H,1-2H3,(H,13,14). The van der Waals surface area contributed by atoms with Crippen LogP contribution in [-0.4, -0.2) is 17.8 Å². The molecule has 4 heteroatoms. The van der Waals surface area contributed by atoms with Crippen LogP contribution in [0.3, 0.4) is 0 Å². The summed E-state index contributed by atoms with van der Waals surface area (Å²) in [6.45, 7) is 1.54. The third-order valence-corrected chi connectivity index (χ3v) is 3.33. The molecule has 0 radical (unpaired) electrons. The van der Waals surface area contributed by atoms with Crippen molar-refractivity contribution >= 4 is 22.3 Å². The summed E-state index contributed by atoms with van der Waals surface area (Å²) in [5.41, 5.74) is 1.58. The van der Waals surface area contributed by atoms with Gasteiger partial charge in [-0.1, -0.05) is 41.7 Å². The lowest BCUT2D eigenvalue weighted by Crippen LogP contribution is -1.95. The zero-order valence-electron chi connectivity index (χ0n) is 9.15. The molecule has 0 fully saturated rings. The van der Waals surface area contributed by atoms with Gasteiger partial charge in [0.15, 0.2) is 10.9 Å². The molecule has 0 saturated heterocycles. The van der Waals surface area contributed by atoms with E-state index in [0.717, 1.165) is 15.6 Å². The minimum Gasteiger partial charge on any atom is -0.365 e. The number of thiazole rings is 1. The first-order valence-corrected chi connectivity index (χ1v) is 5.79. The number of hydrogen-bond donors (Lipinski definition) is 1. The van der Waals surface area contributed by atoms with Crippen molar-refractivity contribution in [2.45, 2.75) is 6.92 Å². The lowest BCUT2D eigenvalue weighted by atomic mass is 10.1. The molecule has 2 rings (SSSR count). The van der Waals surface area contributed by atoms with Gasteiger partial charge in [0.2, 0.25) is 0 Å². The summed E-state index contributed by atoms with van der Waals surface area (Å²) in [5.74, 6) is -0.00315. The van der Waals surface area contributed by atoms with Gasteiger partial charge < -0.3 is 5.32 Å². The highest BCUT2D eigenvalue weighted by molar-refractivity contribution is 7.19. The zero-order valence-corrected chi connectivity index (χ0v) is 9.97. The maximum absolute atomic E-state index is 11.5. The van der Waals surface area contributed by atoms with E-state index in [9.17, 15) is 4.79 Å². The van der Waals surface area contributed by atoms with E-state index in [-0.39, 0.29) is 5.78 Å². The molecular weight excluding hydrogens is 220 g/mol. The van der Waals surface area contributed by atoms with Crippen molar-refractivity contribution in [3.63, 3.8) is 0 Å². The number of carbonyl (C=O) groups is 1. The average molecular weight is 232 g/mol. The predicted octanol–water partition coefficient (Wildman–Crippen LogP) is 3.05. The molecule has 0 spiro atoms. The fraction of sp³-hybridized carbons (Fsp3) is 0.167. The third kappa shape index (κ3) is 1.97. The van der Waals surface area contributed by atoms with E-state index in [1.54, 1.807) is 14.0 Å². The minimum atomic E-state index is -0.00315. The fourth-order valence-electron chi connectivity index (χ4n) is 1.45. The number of carbonyl (C=O) groups excluding carboxylic acids is 1. The molecule has 2 aromatic rings. The van der Waals surface area contributed by atoms with Crippen LogP contribution in [0.2, 0.25) is 0 Å². The van der Waals surface area contributed by atoms with Gasteiger partial charge in [-0.2, -0.15) is 0 Å². The van der Waals surface area contributed by atoms with Crippen LogP contribution < -0.4 is 5.32 Å². The van der Waals surface area contributed by atoms with Crippen LogP contribution >= 0.6 is 11.3 Å². The Morgan fingerprint density at radius 3 is 2.56 bits per heavy atom. The highest BCUT2D eigenvalue weighted by atomic mass is 32.1. The molecule has 82 valence electrons. The first kappa shape index (κ1) is 10.8. The van der Waals surface area contributed by atoms with Crippen LogP contribution in [0.15, 0.2) is 30.3 Å². The molecule has 0 atom stereocenters. The molecule has 0 saturated carbocycles. The van der Waals surface area contributed by atoms with E-state index < -0.39 is 0 Å². The van der Waals surface area contributed by atoms with Crippen LogP contribution in [0.25, 0.3) is 10.4 Å². The summed E-state index contributed by atoms with van der Waals surface area (Å²) in [6, 6.07) is 9.84. The zero-order chi connectivity index (χ0) is 11.5. The van der Waals surface area contributed by atoms with E-state index in [4.69, 9.17) is 0 Å². The normalized spacial score (nSPS) is 10.1. The van der Waals surface area contributed by atoms with Gasteiger partial charge in [-0.05, 0) is 5.56 Å². The number of benzene rings is 1. The van der Waals surface area contributed by atoms with Crippen molar-refractivity contribution in [3.8, 4) is 10.4 Å². The van der Waals surface area contributed by atoms with Crippen molar-refractivity contribution in [1.29, 1.82) is 0 Å². The van der Waals surface area contributed by atoms with Gasteiger partial charge in [-0.25, -0.2) is 4.98 Å². The van der Waals surface area contributed by atoms with Crippen molar-refractivity contribution in [3.05, 3.63) is 36.0 Å². The highest BCUT2D eigenvalue weighted by Gasteiger charge is 2.15. The summed E-state index contributed by atoms with van der Waals surface area (Å²) in [4.78, 5) is 16.7. The molecule has 3 nitrogen and oxygen atoms in total. The van der Waals surface area contributed by atoms with Gasteiger partial charge in [0.25, 0.3) is 0 Å². The second-order valence-corrected chi connectivity index (χ2v) is 4.37. The number of anilines is 1. The largest absolute Gasteiger partial charge is 0.365 e. The van der Waals surface area contributed by atoms with Crippen molar-refractivity contribution in [2.75, 3.05) is 12.4 Å². The molecule has 16 heavy (non-hydrogen) atoms. The van der Waals surface area contributed by atoms with Crippen LogP contribution in [0.4, 0.5) is 5.13 Å². The Morgan fingerprint density at radius 2 is 2.00 bits per heavy atom. The molecule has 0 amide bonds. The molecule has 1 aromatic carbocycles. The second kappa shape index (κ2) is 4.45. The Labute approximate surface area is 98.2 Å². The van der Waals surface area contributed by atoms with Crippen molar-refractivity contribution < 1.29 is 4.79 Å². The summed E-state index contributed by atoms with van der Waals surface area (Å²) in [5, 5.41) is 3.74. The molecular formula is C12H12N2OS. The van der Waals surface area contributed by atoms with E-state index in [1.807, 2.05) is 30.3 Å². The van der Waals surface area contributed by atoms with Gasteiger partial charge in [-0.3, -0.25) is 4.79 Å². The minimum absolute atomic E-state index is 0.00315. The number of nitrogens with one attached hydrogen (secondary N) is 1. The van der Waals surface area contributed by atoms with Crippen LogP contribution in [0.5, 0.6) is 0 Å². The van der Waals surface area contributed by atoms with Gasteiger partial charge >= 0.3 is 0 Å². The number of aromatic nitrogens is 1. The maximum atomic E-state index is 11.5. The topological polar surface area (TPSA) is 42.0 Å². The number of ketones is 1. The van der Waals surface area contributed by atoms with Crippen LogP contribution in [0.1, 0.15) is 17.4 Å². The molecule has 0 aliphatic carbocycles. The second-order valence-electron chi connectivity index (χ2n) is 3.37. The molecule has 1 N–H and O–H groups in total. The Morgan fingerprint density at radius 1 is 1.31 bits per heavy atom. The lowest BCUT2D eigenvalue weighted by Gasteiger charge is -1.97. The summed E-state index contributed by atoms with van der Waals surface area (Å²) in [6.07, 6.45) is 0. The summed E-state index contributed by atoms with van der Waals surface area (Å²) < 4.78 is 0. The fourth-order valence-corrected chi connectivity index (χ4v) is 2.42. The smallest absolute Gasteiger partial charge is 0.183 e. The first-order valence-electron chi connectivity index (χ1n) is 4.97. The molecule has 0 bridgehead atoms. The SMILES string of the molecule is CNc1nc(C(C)=O)c(-c2ccccc2)s1. The summed E-state index contributed by atoms with van der Waals surface area (Å²) >= 11 is 1.50.